The zero-order valence-electron chi connectivity index (χ0n) is 10.3. The number of aromatic nitrogens is 1. The van der Waals surface area contributed by atoms with Gasteiger partial charge in [0, 0.05) is 42.8 Å². The van der Waals surface area contributed by atoms with Crippen molar-refractivity contribution >= 4 is 23.3 Å². The van der Waals surface area contributed by atoms with E-state index in [1.54, 1.807) is 7.11 Å². The fourth-order valence-electron chi connectivity index (χ4n) is 2.41. The van der Waals surface area contributed by atoms with E-state index in [1.807, 2.05) is 6.07 Å². The van der Waals surface area contributed by atoms with Crippen molar-refractivity contribution in [2.24, 2.45) is 0 Å². The third kappa shape index (κ3) is 2.32. The summed E-state index contributed by atoms with van der Waals surface area (Å²) in [6.07, 6.45) is 2.09. The van der Waals surface area contributed by atoms with Crippen LogP contribution in [0.5, 0.6) is 5.75 Å². The van der Waals surface area contributed by atoms with Crippen molar-refractivity contribution in [2.45, 2.75) is 6.04 Å². The number of hydrogen-bond acceptors (Lipinski definition) is 3. The highest BCUT2D eigenvalue weighted by atomic mass is 35.5. The summed E-state index contributed by atoms with van der Waals surface area (Å²) in [4.78, 5) is 3.31. The second-order valence-corrected chi connectivity index (χ2v) is 4.37. The van der Waals surface area contributed by atoms with Crippen LogP contribution in [0.15, 0.2) is 24.4 Å². The number of aromatic amines is 1. The Kier molecular flexibility index (Phi) is 4.11. The normalized spacial score (nSPS) is 19.5. The molecule has 5 heteroatoms. The molecule has 0 aliphatic carbocycles. The molecule has 1 aromatic heterocycles. The van der Waals surface area contributed by atoms with Crippen LogP contribution < -0.4 is 15.4 Å². The zero-order chi connectivity index (χ0) is 11.7. The third-order valence-corrected chi connectivity index (χ3v) is 3.34. The minimum Gasteiger partial charge on any atom is -0.497 e. The lowest BCUT2D eigenvalue weighted by molar-refractivity contribution is 0.415. The van der Waals surface area contributed by atoms with Crippen LogP contribution in [0.1, 0.15) is 11.6 Å². The number of benzene rings is 1. The Hall–Kier alpha value is -1.23. The lowest BCUT2D eigenvalue weighted by Crippen LogP contribution is -2.42. The molecule has 1 aliphatic heterocycles. The van der Waals surface area contributed by atoms with Gasteiger partial charge < -0.3 is 20.4 Å². The van der Waals surface area contributed by atoms with E-state index in [0.29, 0.717) is 6.04 Å². The molecule has 0 radical (unpaired) electrons. The van der Waals surface area contributed by atoms with Crippen molar-refractivity contribution in [3.05, 3.63) is 30.0 Å². The highest BCUT2D eigenvalue weighted by molar-refractivity contribution is 5.85. The SMILES string of the molecule is COc1ccc2[nH]cc([C@H]3CNCCN3)c2c1.Cl. The van der Waals surface area contributed by atoms with Crippen LogP contribution in [0.25, 0.3) is 10.9 Å². The first-order chi connectivity index (χ1) is 8.38. The molecule has 1 aromatic carbocycles. The van der Waals surface area contributed by atoms with Gasteiger partial charge in [-0.2, -0.15) is 0 Å². The van der Waals surface area contributed by atoms with E-state index in [9.17, 15) is 0 Å². The van der Waals surface area contributed by atoms with E-state index in [0.717, 1.165) is 30.9 Å². The maximum Gasteiger partial charge on any atom is 0.119 e. The van der Waals surface area contributed by atoms with Crippen molar-refractivity contribution in [1.29, 1.82) is 0 Å². The minimum absolute atomic E-state index is 0. The Labute approximate surface area is 113 Å². The fourth-order valence-corrected chi connectivity index (χ4v) is 2.41. The van der Waals surface area contributed by atoms with Gasteiger partial charge in [-0.3, -0.25) is 0 Å². The highest BCUT2D eigenvalue weighted by Gasteiger charge is 2.17. The van der Waals surface area contributed by atoms with Gasteiger partial charge in [0.2, 0.25) is 0 Å². The number of rotatable bonds is 2. The number of H-pyrrole nitrogens is 1. The van der Waals surface area contributed by atoms with Gasteiger partial charge in [-0.1, -0.05) is 0 Å². The number of hydrogen-bond donors (Lipinski definition) is 3. The smallest absolute Gasteiger partial charge is 0.119 e. The van der Waals surface area contributed by atoms with Crippen LogP contribution in [0, 0.1) is 0 Å². The molecule has 1 fully saturated rings. The summed E-state index contributed by atoms with van der Waals surface area (Å²) in [6, 6.07) is 6.52. The van der Waals surface area contributed by atoms with Crippen LogP contribution in [-0.2, 0) is 0 Å². The van der Waals surface area contributed by atoms with E-state index in [4.69, 9.17) is 4.74 Å². The van der Waals surface area contributed by atoms with Crippen molar-refractivity contribution in [3.63, 3.8) is 0 Å². The van der Waals surface area contributed by atoms with E-state index < -0.39 is 0 Å². The van der Waals surface area contributed by atoms with Gasteiger partial charge in [0.25, 0.3) is 0 Å². The van der Waals surface area contributed by atoms with Crippen LogP contribution >= 0.6 is 12.4 Å². The van der Waals surface area contributed by atoms with Gasteiger partial charge in [-0.25, -0.2) is 0 Å². The number of piperazine rings is 1. The van der Waals surface area contributed by atoms with E-state index >= 15 is 0 Å². The quantitative estimate of drug-likeness (QED) is 0.778. The second kappa shape index (κ2) is 5.61. The monoisotopic (exact) mass is 267 g/mol. The van der Waals surface area contributed by atoms with Crippen molar-refractivity contribution < 1.29 is 4.74 Å². The molecule has 3 rings (SSSR count). The average molecular weight is 268 g/mol. The molecule has 0 bridgehead atoms. The molecular formula is C13H18ClN3O. The van der Waals surface area contributed by atoms with Gasteiger partial charge in [0.1, 0.15) is 5.75 Å². The molecule has 3 N–H and O–H groups in total. The van der Waals surface area contributed by atoms with E-state index in [1.165, 1.54) is 10.9 Å². The van der Waals surface area contributed by atoms with Gasteiger partial charge in [-0.05, 0) is 23.8 Å². The molecule has 0 spiro atoms. The van der Waals surface area contributed by atoms with Crippen molar-refractivity contribution in [3.8, 4) is 5.75 Å². The Morgan fingerprint density at radius 3 is 2.89 bits per heavy atom. The molecule has 4 nitrogen and oxygen atoms in total. The molecule has 2 heterocycles. The Morgan fingerprint density at radius 2 is 2.17 bits per heavy atom. The van der Waals surface area contributed by atoms with Crippen molar-refractivity contribution in [1.82, 2.24) is 15.6 Å². The van der Waals surface area contributed by atoms with Crippen LogP contribution in [0.2, 0.25) is 0 Å². The summed E-state index contributed by atoms with van der Waals surface area (Å²) in [5.41, 5.74) is 2.47. The molecule has 1 saturated heterocycles. The molecule has 0 amide bonds. The van der Waals surface area contributed by atoms with Gasteiger partial charge in [0.15, 0.2) is 0 Å². The van der Waals surface area contributed by atoms with Gasteiger partial charge >= 0.3 is 0 Å². The minimum atomic E-state index is 0. The van der Waals surface area contributed by atoms with Crippen LogP contribution in [-0.4, -0.2) is 31.7 Å². The Morgan fingerprint density at radius 1 is 1.28 bits per heavy atom. The molecule has 0 unspecified atom stereocenters. The van der Waals surface area contributed by atoms with E-state index in [-0.39, 0.29) is 12.4 Å². The summed E-state index contributed by atoms with van der Waals surface area (Å²) >= 11 is 0. The number of nitrogens with one attached hydrogen (secondary N) is 3. The number of fused-ring (bicyclic) bond motifs is 1. The maximum atomic E-state index is 5.28. The predicted molar refractivity (Wildman–Crippen MR) is 75.7 cm³/mol. The fraction of sp³-hybridized carbons (Fsp3) is 0.385. The Balaban J connectivity index is 0.00000120. The average Bonchev–Trinajstić information content (AvgIpc) is 2.82. The van der Waals surface area contributed by atoms with Crippen LogP contribution in [0.3, 0.4) is 0 Å². The first-order valence-electron chi connectivity index (χ1n) is 5.97. The lowest BCUT2D eigenvalue weighted by Gasteiger charge is -2.24. The van der Waals surface area contributed by atoms with Gasteiger partial charge in [0.05, 0.1) is 7.11 Å². The standard InChI is InChI=1S/C13H17N3O.ClH/c1-17-9-2-3-12-10(6-9)11(7-16-12)13-8-14-4-5-15-13;/h2-3,6-7,13-16H,4-5,8H2,1H3;1H/t13-;/m1./s1. The first kappa shape index (κ1) is 13.2. The highest BCUT2D eigenvalue weighted by Crippen LogP contribution is 2.27. The van der Waals surface area contributed by atoms with Crippen molar-refractivity contribution in [2.75, 3.05) is 26.7 Å². The molecular weight excluding hydrogens is 250 g/mol. The Bertz CT molecular complexity index is 520. The summed E-state index contributed by atoms with van der Waals surface area (Å²) < 4.78 is 5.28. The summed E-state index contributed by atoms with van der Waals surface area (Å²) in [6.45, 7) is 3.04. The molecule has 0 saturated carbocycles. The number of methoxy groups -OCH3 is 1. The topological polar surface area (TPSA) is 49.1 Å². The summed E-state index contributed by atoms with van der Waals surface area (Å²) in [5.74, 6) is 0.905. The summed E-state index contributed by atoms with van der Waals surface area (Å²) in [7, 11) is 1.70. The zero-order valence-corrected chi connectivity index (χ0v) is 11.1. The maximum absolute atomic E-state index is 5.28. The summed E-state index contributed by atoms with van der Waals surface area (Å²) in [5, 5.41) is 8.18. The molecule has 98 valence electrons. The molecule has 1 aliphatic rings. The first-order valence-corrected chi connectivity index (χ1v) is 5.97. The van der Waals surface area contributed by atoms with Gasteiger partial charge in [-0.15, -0.1) is 12.4 Å². The van der Waals surface area contributed by atoms with E-state index in [2.05, 4.69) is 33.9 Å². The lowest BCUT2D eigenvalue weighted by atomic mass is 10.0. The largest absolute Gasteiger partial charge is 0.497 e. The molecule has 1 atom stereocenters. The third-order valence-electron chi connectivity index (χ3n) is 3.34. The molecule has 18 heavy (non-hydrogen) atoms. The number of ether oxygens (including phenoxy) is 1. The van der Waals surface area contributed by atoms with Crippen LogP contribution in [0.4, 0.5) is 0 Å². The number of halogens is 1. The molecule has 2 aromatic rings. The predicted octanol–water partition coefficient (Wildman–Crippen LogP) is 1.83. The second-order valence-electron chi connectivity index (χ2n) is 4.37.